The molecule has 1 N–H and O–H groups in total. The van der Waals surface area contributed by atoms with Crippen molar-refractivity contribution in [2.75, 3.05) is 6.54 Å². The van der Waals surface area contributed by atoms with Gasteiger partial charge in [0.05, 0.1) is 6.26 Å². The first-order valence-corrected chi connectivity index (χ1v) is 8.51. The number of rotatable bonds is 6. The third-order valence-corrected chi connectivity index (χ3v) is 5.18. The lowest BCUT2D eigenvalue weighted by molar-refractivity contribution is 0.217. The summed E-state index contributed by atoms with van der Waals surface area (Å²) in [5.41, 5.74) is 1.30. The molecule has 0 bridgehead atoms. The van der Waals surface area contributed by atoms with Crippen molar-refractivity contribution < 1.29 is 4.42 Å². The summed E-state index contributed by atoms with van der Waals surface area (Å²) in [6, 6.07) is 2.56. The molecule has 1 fully saturated rings. The monoisotopic (exact) mass is 327 g/mol. The van der Waals surface area contributed by atoms with Crippen LogP contribution in [0.15, 0.2) is 21.4 Å². The van der Waals surface area contributed by atoms with Crippen molar-refractivity contribution >= 4 is 15.9 Å². The molecule has 2 nitrogen and oxygen atoms in total. The third-order valence-electron chi connectivity index (χ3n) is 4.54. The molecule has 1 unspecified atom stereocenters. The van der Waals surface area contributed by atoms with Gasteiger partial charge in [-0.25, -0.2) is 0 Å². The Balaban J connectivity index is 2.04. The largest absolute Gasteiger partial charge is 0.457 e. The third kappa shape index (κ3) is 3.85. The smallest absolute Gasteiger partial charge is 0.173 e. The molecule has 3 heteroatoms. The van der Waals surface area contributed by atoms with Gasteiger partial charge in [0.15, 0.2) is 4.67 Å². The first-order valence-electron chi connectivity index (χ1n) is 7.72. The number of halogens is 1. The Bertz CT molecular complexity index is 369. The van der Waals surface area contributed by atoms with E-state index >= 15 is 0 Å². The van der Waals surface area contributed by atoms with Crippen molar-refractivity contribution in [1.29, 1.82) is 0 Å². The Morgan fingerprint density at radius 3 is 2.58 bits per heavy atom. The first kappa shape index (κ1) is 15.1. The summed E-state index contributed by atoms with van der Waals surface area (Å²) in [5, 5.41) is 3.73. The highest BCUT2D eigenvalue weighted by atomic mass is 79.9. The Morgan fingerprint density at radius 1 is 1.32 bits per heavy atom. The average molecular weight is 328 g/mol. The van der Waals surface area contributed by atoms with E-state index in [0.29, 0.717) is 6.04 Å². The molecule has 2 rings (SSSR count). The molecule has 0 aromatic carbocycles. The Labute approximate surface area is 125 Å². The standard InChI is InChI=1S/C16H26BrNO/c1-3-10-18-15(14-9-11-19-16(14)17)13-7-5-12(4-2)6-8-13/h9,11-13,15,18H,3-8,10H2,1-2H3. The van der Waals surface area contributed by atoms with Crippen LogP contribution in [0, 0.1) is 11.8 Å². The second-order valence-corrected chi connectivity index (χ2v) is 6.49. The van der Waals surface area contributed by atoms with Gasteiger partial charge < -0.3 is 9.73 Å². The van der Waals surface area contributed by atoms with E-state index < -0.39 is 0 Å². The van der Waals surface area contributed by atoms with Gasteiger partial charge in [-0.2, -0.15) is 0 Å². The van der Waals surface area contributed by atoms with Crippen LogP contribution in [-0.4, -0.2) is 6.54 Å². The van der Waals surface area contributed by atoms with Crippen LogP contribution in [0.25, 0.3) is 0 Å². The summed E-state index contributed by atoms with van der Waals surface area (Å²) in [6.07, 6.45) is 9.78. The average Bonchev–Trinajstić information content (AvgIpc) is 2.86. The highest BCUT2D eigenvalue weighted by Crippen LogP contribution is 2.40. The number of hydrogen-bond acceptors (Lipinski definition) is 2. The molecule has 0 amide bonds. The van der Waals surface area contributed by atoms with Crippen molar-refractivity contribution in [3.8, 4) is 0 Å². The summed E-state index contributed by atoms with van der Waals surface area (Å²) in [5.74, 6) is 1.71. The number of nitrogens with one attached hydrogen (secondary N) is 1. The zero-order chi connectivity index (χ0) is 13.7. The van der Waals surface area contributed by atoms with Crippen molar-refractivity contribution in [3.05, 3.63) is 22.6 Å². The lowest BCUT2D eigenvalue weighted by Gasteiger charge is -2.34. The molecule has 0 radical (unpaired) electrons. The minimum absolute atomic E-state index is 0.450. The van der Waals surface area contributed by atoms with Gasteiger partial charge in [-0.15, -0.1) is 0 Å². The van der Waals surface area contributed by atoms with Gasteiger partial charge in [0, 0.05) is 11.6 Å². The second-order valence-electron chi connectivity index (χ2n) is 5.77. The van der Waals surface area contributed by atoms with Gasteiger partial charge in [-0.1, -0.05) is 33.1 Å². The van der Waals surface area contributed by atoms with Gasteiger partial charge in [0.1, 0.15) is 0 Å². The molecule has 0 saturated heterocycles. The van der Waals surface area contributed by atoms with Crippen LogP contribution in [0.1, 0.15) is 64.0 Å². The van der Waals surface area contributed by atoms with Crippen LogP contribution >= 0.6 is 15.9 Å². The summed E-state index contributed by atoms with van der Waals surface area (Å²) in [7, 11) is 0. The highest BCUT2D eigenvalue weighted by Gasteiger charge is 2.29. The molecule has 19 heavy (non-hydrogen) atoms. The molecule has 1 saturated carbocycles. The van der Waals surface area contributed by atoms with Crippen LogP contribution in [0.2, 0.25) is 0 Å². The molecular formula is C16H26BrNO. The van der Waals surface area contributed by atoms with E-state index in [1.807, 2.05) is 0 Å². The van der Waals surface area contributed by atoms with Crippen LogP contribution in [0.4, 0.5) is 0 Å². The molecule has 0 spiro atoms. The molecule has 1 heterocycles. The number of furan rings is 1. The summed E-state index contributed by atoms with van der Waals surface area (Å²) >= 11 is 3.54. The summed E-state index contributed by atoms with van der Waals surface area (Å²) in [4.78, 5) is 0. The van der Waals surface area contributed by atoms with Gasteiger partial charge in [-0.05, 0) is 59.6 Å². The van der Waals surface area contributed by atoms with E-state index in [9.17, 15) is 0 Å². The van der Waals surface area contributed by atoms with Crippen LogP contribution in [0.3, 0.4) is 0 Å². The minimum atomic E-state index is 0.450. The van der Waals surface area contributed by atoms with Crippen LogP contribution < -0.4 is 5.32 Å². The fraction of sp³-hybridized carbons (Fsp3) is 0.750. The van der Waals surface area contributed by atoms with Crippen molar-refractivity contribution in [2.45, 2.75) is 58.4 Å². The minimum Gasteiger partial charge on any atom is -0.457 e. The lowest BCUT2D eigenvalue weighted by Crippen LogP contribution is -2.31. The Hall–Kier alpha value is -0.280. The van der Waals surface area contributed by atoms with Crippen molar-refractivity contribution in [2.24, 2.45) is 11.8 Å². The van der Waals surface area contributed by atoms with Crippen LogP contribution in [0.5, 0.6) is 0 Å². The van der Waals surface area contributed by atoms with Crippen LogP contribution in [-0.2, 0) is 0 Å². The maximum absolute atomic E-state index is 5.44. The molecular weight excluding hydrogens is 302 g/mol. The Kier molecular flexibility index (Phi) is 5.96. The molecule has 1 atom stereocenters. The quantitative estimate of drug-likeness (QED) is 0.766. The first-order chi connectivity index (χ1) is 9.26. The van der Waals surface area contributed by atoms with Gasteiger partial charge >= 0.3 is 0 Å². The molecule has 1 aliphatic carbocycles. The lowest BCUT2D eigenvalue weighted by atomic mass is 9.76. The van der Waals surface area contributed by atoms with E-state index in [-0.39, 0.29) is 0 Å². The predicted octanol–water partition coefficient (Wildman–Crippen LogP) is 5.30. The summed E-state index contributed by atoms with van der Waals surface area (Å²) < 4.78 is 6.34. The predicted molar refractivity (Wildman–Crippen MR) is 83.2 cm³/mol. The summed E-state index contributed by atoms with van der Waals surface area (Å²) in [6.45, 7) is 5.63. The molecule has 108 valence electrons. The second kappa shape index (κ2) is 7.49. The fourth-order valence-electron chi connectivity index (χ4n) is 3.29. The van der Waals surface area contributed by atoms with Crippen molar-refractivity contribution in [1.82, 2.24) is 5.32 Å². The van der Waals surface area contributed by atoms with Crippen molar-refractivity contribution in [3.63, 3.8) is 0 Å². The van der Waals surface area contributed by atoms with Gasteiger partial charge in [-0.3, -0.25) is 0 Å². The van der Waals surface area contributed by atoms with E-state index in [0.717, 1.165) is 23.1 Å². The van der Waals surface area contributed by atoms with E-state index in [2.05, 4.69) is 41.2 Å². The topological polar surface area (TPSA) is 25.2 Å². The van der Waals surface area contributed by atoms with Gasteiger partial charge in [0.25, 0.3) is 0 Å². The number of hydrogen-bond donors (Lipinski definition) is 1. The Morgan fingerprint density at radius 2 is 2.05 bits per heavy atom. The van der Waals surface area contributed by atoms with Gasteiger partial charge in [0.2, 0.25) is 0 Å². The normalized spacial score (nSPS) is 25.4. The fourth-order valence-corrected chi connectivity index (χ4v) is 3.77. The SMILES string of the molecule is CCCNC(c1ccoc1Br)C1CCC(CC)CC1. The maximum atomic E-state index is 5.44. The van der Waals surface area contributed by atoms with E-state index in [4.69, 9.17) is 4.42 Å². The molecule has 0 aliphatic heterocycles. The zero-order valence-electron chi connectivity index (χ0n) is 12.1. The molecule has 1 aliphatic rings. The zero-order valence-corrected chi connectivity index (χ0v) is 13.7. The highest BCUT2D eigenvalue weighted by molar-refractivity contribution is 9.10. The van der Waals surface area contributed by atoms with E-state index in [1.165, 1.54) is 44.1 Å². The van der Waals surface area contributed by atoms with E-state index in [1.54, 1.807) is 6.26 Å². The molecule has 1 aromatic heterocycles. The molecule has 1 aromatic rings. The maximum Gasteiger partial charge on any atom is 0.173 e.